The van der Waals surface area contributed by atoms with Crippen LogP contribution in [0.25, 0.3) is 17.1 Å². The molecule has 1 aliphatic rings. The van der Waals surface area contributed by atoms with Gasteiger partial charge in [0.25, 0.3) is 5.91 Å². The number of nitrogens with one attached hydrogen (secondary N) is 1. The first-order valence-electron chi connectivity index (χ1n) is 11.2. The van der Waals surface area contributed by atoms with Crippen LogP contribution >= 0.6 is 11.6 Å². The van der Waals surface area contributed by atoms with E-state index in [0.29, 0.717) is 52.4 Å². The van der Waals surface area contributed by atoms with Crippen molar-refractivity contribution in [1.82, 2.24) is 35.1 Å². The van der Waals surface area contributed by atoms with Crippen molar-refractivity contribution in [2.45, 2.75) is 25.5 Å². The number of methoxy groups -OCH3 is 2. The van der Waals surface area contributed by atoms with E-state index < -0.39 is 0 Å². The fourth-order valence-corrected chi connectivity index (χ4v) is 4.68. The number of H-pyrrole nitrogens is 1. The smallest absolute Gasteiger partial charge is 0.256 e. The number of aromatic amines is 1. The molecule has 1 N–H and O–H groups in total. The Balaban J connectivity index is 1.48. The molecule has 2 aromatic heterocycles. The molecule has 2 aromatic carbocycles. The molecule has 0 aliphatic carbocycles. The Morgan fingerprint density at radius 2 is 2.00 bits per heavy atom. The lowest BCUT2D eigenvalue weighted by molar-refractivity contribution is 0.0729. The van der Waals surface area contributed by atoms with Gasteiger partial charge in [-0.15, -0.1) is 10.2 Å². The Labute approximate surface area is 206 Å². The van der Waals surface area contributed by atoms with E-state index >= 15 is 0 Å². The van der Waals surface area contributed by atoms with Crippen LogP contribution in [-0.2, 0) is 11.3 Å². The largest absolute Gasteiger partial charge is 0.494 e. The van der Waals surface area contributed by atoms with Gasteiger partial charge in [-0.1, -0.05) is 23.7 Å². The first kappa shape index (κ1) is 23.0. The maximum absolute atomic E-state index is 13.8. The molecule has 11 heteroatoms. The summed E-state index contributed by atoms with van der Waals surface area (Å²) in [5.74, 6) is 1.53. The van der Waals surface area contributed by atoms with E-state index in [1.807, 2.05) is 35.2 Å². The third kappa shape index (κ3) is 4.38. The Hall–Kier alpha value is -3.76. The number of ether oxygens (including phenoxy) is 2. The summed E-state index contributed by atoms with van der Waals surface area (Å²) in [5.41, 5.74) is 2.69. The molecule has 10 nitrogen and oxygen atoms in total. The highest BCUT2D eigenvalue weighted by Crippen LogP contribution is 2.37. The molecule has 1 fully saturated rings. The molecule has 35 heavy (non-hydrogen) atoms. The maximum Gasteiger partial charge on any atom is 0.256 e. The molecule has 1 saturated heterocycles. The molecule has 0 bridgehead atoms. The lowest BCUT2D eigenvalue weighted by Crippen LogP contribution is -2.32. The number of halogens is 1. The first-order valence-corrected chi connectivity index (χ1v) is 11.5. The standard InChI is InChI=1S/C24H24ClN7O3/c1-34-14-15-8-9-19(32-26-10-11-27-32)17(13-15)24(33)31-12-4-7-20(31)23-28-22(29-30-23)16-5-3-6-18(25)21(16)35-2/h3,5-6,8-11,13,20H,4,7,12,14H2,1-2H3,(H,28,29,30)/t20-/m0/s1. The summed E-state index contributed by atoms with van der Waals surface area (Å²) < 4.78 is 10.7. The maximum atomic E-state index is 13.8. The molecular weight excluding hydrogens is 470 g/mol. The molecule has 4 aromatic rings. The molecule has 0 saturated carbocycles. The number of para-hydroxylation sites is 1. The SMILES string of the molecule is COCc1ccc(-n2nccn2)c(C(=O)N2CCC[C@H]2c2nnc(-c3cccc(Cl)c3OC)[nH]2)c1. The average molecular weight is 494 g/mol. The summed E-state index contributed by atoms with van der Waals surface area (Å²) >= 11 is 6.28. The van der Waals surface area contributed by atoms with Crippen molar-refractivity contribution in [1.29, 1.82) is 0 Å². The number of carbonyl (C=O) groups excluding carboxylic acids is 1. The van der Waals surface area contributed by atoms with Crippen LogP contribution in [0.2, 0.25) is 5.02 Å². The highest BCUT2D eigenvalue weighted by atomic mass is 35.5. The number of aromatic nitrogens is 6. The minimum Gasteiger partial charge on any atom is -0.494 e. The van der Waals surface area contributed by atoms with Crippen LogP contribution < -0.4 is 4.74 Å². The van der Waals surface area contributed by atoms with Crippen molar-refractivity contribution >= 4 is 17.5 Å². The van der Waals surface area contributed by atoms with E-state index in [1.165, 1.54) is 4.80 Å². The van der Waals surface area contributed by atoms with Gasteiger partial charge in [-0.25, -0.2) is 0 Å². The van der Waals surface area contributed by atoms with Crippen molar-refractivity contribution in [3.63, 3.8) is 0 Å². The van der Waals surface area contributed by atoms with Gasteiger partial charge in [0.2, 0.25) is 0 Å². The highest BCUT2D eigenvalue weighted by Gasteiger charge is 2.34. The van der Waals surface area contributed by atoms with Crippen molar-refractivity contribution in [2.75, 3.05) is 20.8 Å². The van der Waals surface area contributed by atoms with Crippen LogP contribution in [0.1, 0.15) is 40.6 Å². The Morgan fingerprint density at radius 1 is 1.17 bits per heavy atom. The van der Waals surface area contributed by atoms with Gasteiger partial charge in [0.1, 0.15) is 5.75 Å². The normalized spacial score (nSPS) is 15.5. The predicted molar refractivity (Wildman–Crippen MR) is 128 cm³/mol. The number of rotatable bonds is 7. The summed E-state index contributed by atoms with van der Waals surface area (Å²) in [4.78, 5) is 20.4. The van der Waals surface area contributed by atoms with Gasteiger partial charge in [0.15, 0.2) is 11.6 Å². The second kappa shape index (κ2) is 9.85. The van der Waals surface area contributed by atoms with Crippen LogP contribution in [0.15, 0.2) is 48.8 Å². The van der Waals surface area contributed by atoms with Gasteiger partial charge in [-0.2, -0.15) is 15.0 Å². The van der Waals surface area contributed by atoms with E-state index in [2.05, 4.69) is 25.4 Å². The monoisotopic (exact) mass is 493 g/mol. The fraction of sp³-hybridized carbons (Fsp3) is 0.292. The summed E-state index contributed by atoms with van der Waals surface area (Å²) in [6, 6.07) is 10.8. The molecule has 1 aliphatic heterocycles. The molecule has 0 spiro atoms. The number of carbonyl (C=O) groups is 1. The molecule has 1 atom stereocenters. The minimum absolute atomic E-state index is 0.129. The lowest BCUT2D eigenvalue weighted by atomic mass is 10.1. The van der Waals surface area contributed by atoms with Gasteiger partial charge < -0.3 is 19.4 Å². The summed E-state index contributed by atoms with van der Waals surface area (Å²) in [7, 11) is 3.18. The summed E-state index contributed by atoms with van der Waals surface area (Å²) in [6.45, 7) is 0.990. The molecule has 0 radical (unpaired) electrons. The van der Waals surface area contributed by atoms with E-state index in [9.17, 15) is 4.79 Å². The second-order valence-corrected chi connectivity index (χ2v) is 8.55. The topological polar surface area (TPSA) is 111 Å². The van der Waals surface area contributed by atoms with Crippen LogP contribution in [0, 0.1) is 0 Å². The van der Waals surface area contributed by atoms with Gasteiger partial charge in [0.05, 0.1) is 54.0 Å². The highest BCUT2D eigenvalue weighted by molar-refractivity contribution is 6.32. The van der Waals surface area contributed by atoms with Gasteiger partial charge in [-0.05, 0) is 42.7 Å². The van der Waals surface area contributed by atoms with Gasteiger partial charge >= 0.3 is 0 Å². The molecule has 180 valence electrons. The van der Waals surface area contributed by atoms with E-state index in [0.717, 1.165) is 18.4 Å². The zero-order chi connectivity index (χ0) is 24.4. The number of benzene rings is 2. The van der Waals surface area contributed by atoms with Crippen LogP contribution in [0.3, 0.4) is 0 Å². The first-order chi connectivity index (χ1) is 17.1. The second-order valence-electron chi connectivity index (χ2n) is 8.14. The molecule has 0 unspecified atom stereocenters. The number of amides is 1. The van der Waals surface area contributed by atoms with Crippen molar-refractivity contribution < 1.29 is 14.3 Å². The Morgan fingerprint density at radius 3 is 2.77 bits per heavy atom. The number of nitrogens with zero attached hydrogens (tertiary/aromatic N) is 6. The van der Waals surface area contributed by atoms with Crippen LogP contribution in [0.4, 0.5) is 0 Å². The van der Waals surface area contributed by atoms with Gasteiger partial charge in [-0.3, -0.25) is 4.79 Å². The third-order valence-corrected chi connectivity index (χ3v) is 6.29. The van der Waals surface area contributed by atoms with E-state index in [1.54, 1.807) is 32.7 Å². The van der Waals surface area contributed by atoms with Gasteiger partial charge in [0, 0.05) is 13.7 Å². The molecule has 1 amide bonds. The van der Waals surface area contributed by atoms with Crippen LogP contribution in [0.5, 0.6) is 5.75 Å². The van der Waals surface area contributed by atoms with E-state index in [4.69, 9.17) is 21.1 Å². The number of hydrogen-bond donors (Lipinski definition) is 1. The Bertz CT molecular complexity index is 1340. The van der Waals surface area contributed by atoms with Crippen molar-refractivity contribution in [2.24, 2.45) is 0 Å². The molecule has 3 heterocycles. The zero-order valence-corrected chi connectivity index (χ0v) is 20.1. The van der Waals surface area contributed by atoms with Crippen molar-refractivity contribution in [3.05, 3.63) is 70.8 Å². The lowest BCUT2D eigenvalue weighted by Gasteiger charge is -2.24. The summed E-state index contributed by atoms with van der Waals surface area (Å²) in [6.07, 6.45) is 4.77. The molecular formula is C24H24ClN7O3. The van der Waals surface area contributed by atoms with Crippen LogP contribution in [-0.4, -0.2) is 61.7 Å². The molecule has 5 rings (SSSR count). The number of hydrogen-bond acceptors (Lipinski definition) is 7. The zero-order valence-electron chi connectivity index (χ0n) is 19.3. The minimum atomic E-state index is -0.251. The van der Waals surface area contributed by atoms with Crippen molar-refractivity contribution in [3.8, 4) is 22.8 Å². The quantitative estimate of drug-likeness (QED) is 0.416. The summed E-state index contributed by atoms with van der Waals surface area (Å²) in [5, 5.41) is 17.6. The average Bonchev–Trinajstić information content (AvgIpc) is 3.65. The number of likely N-dealkylation sites (tertiary alicyclic amines) is 1. The predicted octanol–water partition coefficient (Wildman–Crippen LogP) is 3.84. The van der Waals surface area contributed by atoms with E-state index in [-0.39, 0.29) is 11.9 Å². The fourth-order valence-electron chi connectivity index (χ4n) is 4.42. The Kier molecular flexibility index (Phi) is 6.47. The third-order valence-electron chi connectivity index (χ3n) is 6.00.